The van der Waals surface area contributed by atoms with E-state index in [2.05, 4.69) is 75.7 Å². The van der Waals surface area contributed by atoms with Gasteiger partial charge in [-0.1, -0.05) is 36.3 Å². The van der Waals surface area contributed by atoms with Crippen LogP contribution in [0.5, 0.6) is 0 Å². The molecule has 0 saturated carbocycles. The summed E-state index contributed by atoms with van der Waals surface area (Å²) in [7, 11) is -0.572. The van der Waals surface area contributed by atoms with Gasteiger partial charge in [-0.25, -0.2) is 19.7 Å². The van der Waals surface area contributed by atoms with Gasteiger partial charge in [0.05, 0.1) is 24.5 Å². The number of fused-ring (bicyclic) bond motifs is 1. The normalized spacial score (nSPS) is 12.5. The van der Waals surface area contributed by atoms with E-state index in [9.17, 15) is 5.11 Å². The molecule has 7 heteroatoms. The van der Waals surface area contributed by atoms with Gasteiger partial charge in [-0.2, -0.15) is 5.10 Å². The molecule has 0 radical (unpaired) electrons. The molecule has 1 aromatic carbocycles. The van der Waals surface area contributed by atoms with Crippen LogP contribution in [-0.4, -0.2) is 61.2 Å². The van der Waals surface area contributed by atoms with E-state index >= 15 is 0 Å². The summed E-state index contributed by atoms with van der Waals surface area (Å²) in [6.07, 6.45) is 14.8. The highest BCUT2D eigenvalue weighted by molar-refractivity contribution is 8.32. The molecule has 3 heterocycles. The molecule has 0 aliphatic rings. The van der Waals surface area contributed by atoms with Crippen molar-refractivity contribution in [3.05, 3.63) is 72.4 Å². The molecular weight excluding hydrogens is 456 g/mol. The lowest BCUT2D eigenvalue weighted by atomic mass is 10.1. The van der Waals surface area contributed by atoms with Crippen LogP contribution in [0, 0.1) is 11.8 Å². The molecule has 1 N–H and O–H groups in total. The van der Waals surface area contributed by atoms with Crippen molar-refractivity contribution in [2.24, 2.45) is 0 Å². The Balaban J connectivity index is 1.66. The third-order valence-electron chi connectivity index (χ3n) is 5.47. The molecule has 0 fully saturated rings. The van der Waals surface area contributed by atoms with E-state index < -0.39 is 15.6 Å². The highest BCUT2D eigenvalue weighted by Crippen LogP contribution is 2.34. The van der Waals surface area contributed by atoms with Crippen molar-refractivity contribution in [2.45, 2.75) is 32.7 Å². The van der Waals surface area contributed by atoms with Gasteiger partial charge in [0.1, 0.15) is 18.0 Å². The number of aliphatic hydroxyl groups is 1. The van der Waals surface area contributed by atoms with Gasteiger partial charge in [0.2, 0.25) is 0 Å². The zero-order valence-electron chi connectivity index (χ0n) is 21.2. The molecule has 3 aromatic heterocycles. The predicted octanol–water partition coefficient (Wildman–Crippen LogP) is 4.74. The van der Waals surface area contributed by atoms with E-state index in [1.807, 2.05) is 35.4 Å². The lowest BCUT2D eigenvalue weighted by Crippen LogP contribution is -2.14. The van der Waals surface area contributed by atoms with E-state index in [0.29, 0.717) is 12.4 Å². The average Bonchev–Trinajstić information content (AvgIpc) is 3.39. The Kier molecular flexibility index (Phi) is 7.36. The van der Waals surface area contributed by atoms with Gasteiger partial charge in [-0.15, -0.1) is 0 Å². The zero-order valence-corrected chi connectivity index (χ0v) is 22.0. The summed E-state index contributed by atoms with van der Waals surface area (Å²) in [5.41, 5.74) is 3.86. The highest BCUT2D eigenvalue weighted by atomic mass is 32.3. The number of nitrogens with zero attached hydrogens (tertiary/aromatic N) is 4. The Hall–Kier alpha value is -3.05. The maximum Gasteiger partial charge on any atom is 0.139 e. The molecule has 0 aliphatic heterocycles. The predicted molar refractivity (Wildman–Crippen MR) is 146 cm³/mol. The van der Waals surface area contributed by atoms with Crippen molar-refractivity contribution in [2.75, 3.05) is 31.1 Å². The molecule has 0 aliphatic carbocycles. The van der Waals surface area contributed by atoms with E-state index in [4.69, 9.17) is 4.74 Å². The first-order valence-electron chi connectivity index (χ1n) is 11.6. The molecule has 184 valence electrons. The Morgan fingerprint density at radius 3 is 2.57 bits per heavy atom. The minimum atomic E-state index is -1.08. The van der Waals surface area contributed by atoms with Crippen molar-refractivity contribution < 1.29 is 9.84 Å². The van der Waals surface area contributed by atoms with Gasteiger partial charge in [0.25, 0.3) is 0 Å². The summed E-state index contributed by atoms with van der Waals surface area (Å²) in [6.45, 7) is 5.24. The summed E-state index contributed by atoms with van der Waals surface area (Å²) < 4.78 is 9.91. The molecule has 0 amide bonds. The summed E-state index contributed by atoms with van der Waals surface area (Å²) in [5.74, 6) is 6.94. The Labute approximate surface area is 209 Å². The van der Waals surface area contributed by atoms with E-state index in [-0.39, 0.29) is 0 Å². The summed E-state index contributed by atoms with van der Waals surface area (Å²) in [4.78, 5) is 4.55. The first kappa shape index (κ1) is 25.1. The SMILES string of the molecule is CC(C)(O)C#Cc1cc2c(-c3cnn(COCCS(C)(C)C)c3)cn(Cc3ccccc3)c2cn1. The van der Waals surface area contributed by atoms with Gasteiger partial charge in [-0.05, 0) is 50.2 Å². The largest absolute Gasteiger partial charge is 0.378 e. The van der Waals surface area contributed by atoms with Crippen LogP contribution in [0.15, 0.2) is 61.2 Å². The average molecular weight is 491 g/mol. The summed E-state index contributed by atoms with van der Waals surface area (Å²) >= 11 is 0. The number of pyridine rings is 1. The van der Waals surface area contributed by atoms with Gasteiger partial charge < -0.3 is 14.4 Å². The van der Waals surface area contributed by atoms with E-state index in [1.54, 1.807) is 13.8 Å². The first-order chi connectivity index (χ1) is 16.6. The molecule has 0 spiro atoms. The standard InChI is InChI=1S/C28H34N4O2S/c1-28(2,33)12-11-24-15-25-26(23-16-30-32(19-23)21-34-13-14-35(3,4)5)20-31(27(25)17-29-24)18-22-9-7-6-8-10-22/h6-10,15-17,19-20,33H,13-14,18,21H2,1-5H3. The summed E-state index contributed by atoms with van der Waals surface area (Å²) in [5, 5.41) is 15.6. The van der Waals surface area contributed by atoms with Crippen LogP contribution in [0.3, 0.4) is 0 Å². The maximum atomic E-state index is 10.0. The van der Waals surface area contributed by atoms with Crippen LogP contribution >= 0.6 is 10.0 Å². The van der Waals surface area contributed by atoms with Crippen LogP contribution < -0.4 is 0 Å². The molecule has 35 heavy (non-hydrogen) atoms. The second kappa shape index (κ2) is 10.3. The van der Waals surface area contributed by atoms with Gasteiger partial charge in [-0.3, -0.25) is 0 Å². The molecule has 0 unspecified atom stereocenters. The Morgan fingerprint density at radius 2 is 1.86 bits per heavy atom. The molecule has 0 atom stereocenters. The number of aromatic nitrogens is 4. The summed E-state index contributed by atoms with van der Waals surface area (Å²) in [6, 6.07) is 12.4. The van der Waals surface area contributed by atoms with Gasteiger partial charge in [0, 0.05) is 41.2 Å². The minimum Gasteiger partial charge on any atom is -0.378 e. The minimum absolute atomic E-state index is 0.433. The lowest BCUT2D eigenvalue weighted by molar-refractivity contribution is 0.0809. The number of hydrogen-bond acceptors (Lipinski definition) is 4. The van der Waals surface area contributed by atoms with E-state index in [1.165, 1.54) is 5.56 Å². The fraction of sp³-hybridized carbons (Fsp3) is 0.357. The van der Waals surface area contributed by atoms with Crippen LogP contribution in [0.25, 0.3) is 22.0 Å². The van der Waals surface area contributed by atoms with Crippen LogP contribution in [-0.2, 0) is 18.0 Å². The van der Waals surface area contributed by atoms with Crippen molar-refractivity contribution in [1.29, 1.82) is 0 Å². The van der Waals surface area contributed by atoms with Crippen molar-refractivity contribution in [3.63, 3.8) is 0 Å². The van der Waals surface area contributed by atoms with Crippen molar-refractivity contribution in [3.8, 4) is 23.0 Å². The van der Waals surface area contributed by atoms with Crippen molar-refractivity contribution in [1.82, 2.24) is 19.3 Å². The zero-order chi connectivity index (χ0) is 25.1. The Morgan fingerprint density at radius 1 is 1.09 bits per heavy atom. The van der Waals surface area contributed by atoms with Crippen molar-refractivity contribution >= 4 is 20.9 Å². The molecule has 0 saturated heterocycles. The number of rotatable bonds is 8. The third kappa shape index (κ3) is 6.98. The molecule has 0 bridgehead atoms. The monoisotopic (exact) mass is 490 g/mol. The Bertz CT molecular complexity index is 1350. The second-order valence-electron chi connectivity index (χ2n) is 10.2. The quantitative estimate of drug-likeness (QED) is 0.286. The van der Waals surface area contributed by atoms with Gasteiger partial charge >= 0.3 is 0 Å². The van der Waals surface area contributed by atoms with Crippen LogP contribution in [0.2, 0.25) is 0 Å². The van der Waals surface area contributed by atoms with E-state index in [0.717, 1.165) is 40.9 Å². The number of benzene rings is 1. The van der Waals surface area contributed by atoms with Gasteiger partial charge in [0.15, 0.2) is 0 Å². The van der Waals surface area contributed by atoms with Crippen LogP contribution in [0.1, 0.15) is 25.1 Å². The fourth-order valence-electron chi connectivity index (χ4n) is 3.65. The molecule has 4 rings (SSSR count). The topological polar surface area (TPSA) is 65.1 Å². The third-order valence-corrected chi connectivity index (χ3v) is 6.86. The molecule has 6 nitrogen and oxygen atoms in total. The maximum absolute atomic E-state index is 10.0. The molecular formula is C28H34N4O2S. The second-order valence-corrected chi connectivity index (χ2v) is 14.7. The fourth-order valence-corrected chi connectivity index (χ4v) is 4.27. The first-order valence-corrected chi connectivity index (χ1v) is 14.6. The highest BCUT2D eigenvalue weighted by Gasteiger charge is 2.14. The lowest BCUT2D eigenvalue weighted by Gasteiger charge is -2.24. The molecule has 4 aromatic rings. The smallest absolute Gasteiger partial charge is 0.139 e. The number of ether oxygens (including phenoxy) is 1. The van der Waals surface area contributed by atoms with Crippen LogP contribution in [0.4, 0.5) is 0 Å². The number of hydrogen-bond donors (Lipinski definition) is 1.